The van der Waals surface area contributed by atoms with Crippen LogP contribution in [0.3, 0.4) is 0 Å². The molecule has 0 aliphatic carbocycles. The van der Waals surface area contributed by atoms with Crippen molar-refractivity contribution >= 4 is 26.3 Å². The van der Waals surface area contributed by atoms with Gasteiger partial charge in [-0.25, -0.2) is 9.97 Å². The van der Waals surface area contributed by atoms with Gasteiger partial charge in [0, 0.05) is 36.6 Å². The summed E-state index contributed by atoms with van der Waals surface area (Å²) in [7, 11) is 1.36. The van der Waals surface area contributed by atoms with Crippen molar-refractivity contribution in [2.75, 3.05) is 44.2 Å². The van der Waals surface area contributed by atoms with E-state index in [0.717, 1.165) is 49.1 Å². The maximum absolute atomic E-state index is 7.79. The summed E-state index contributed by atoms with van der Waals surface area (Å²) >= 11 is 0. The van der Waals surface area contributed by atoms with Gasteiger partial charge in [-0.3, -0.25) is 9.56 Å². The Bertz CT molecular complexity index is 877. The zero-order chi connectivity index (χ0) is 18.7. The van der Waals surface area contributed by atoms with Crippen molar-refractivity contribution in [3.05, 3.63) is 18.5 Å². The summed E-state index contributed by atoms with van der Waals surface area (Å²) in [6.45, 7) is 1.88. The van der Waals surface area contributed by atoms with Gasteiger partial charge in [-0.05, 0) is 31.2 Å². The molecule has 1 aliphatic heterocycles. The number of aromatic nitrogens is 2. The number of methoxy groups -OCH3 is 2. The summed E-state index contributed by atoms with van der Waals surface area (Å²) in [4.78, 5) is 11.2. The second-order valence-corrected chi connectivity index (χ2v) is 9.52. The lowest BCUT2D eigenvalue weighted by molar-refractivity contribution is 0.355. The predicted molar refractivity (Wildman–Crippen MR) is 106 cm³/mol. The van der Waals surface area contributed by atoms with Crippen LogP contribution < -0.4 is 14.4 Å². The van der Waals surface area contributed by atoms with Crippen LogP contribution in [0.1, 0.15) is 19.3 Å². The smallest absolute Gasteiger partial charge is 0.162 e. The quantitative estimate of drug-likeness (QED) is 0.802. The number of ether oxygens (including phenoxy) is 2. The van der Waals surface area contributed by atoms with Gasteiger partial charge < -0.3 is 14.4 Å². The summed E-state index contributed by atoms with van der Waals surface area (Å²) in [6, 6.07) is 3.84. The van der Waals surface area contributed by atoms with Crippen molar-refractivity contribution in [1.82, 2.24) is 9.97 Å². The first-order chi connectivity index (χ1) is 12.4. The lowest BCUT2D eigenvalue weighted by atomic mass is 9.94. The molecular formula is C18H27N5O2S. The topological polar surface area (TPSA) is 95.2 Å². The van der Waals surface area contributed by atoms with Gasteiger partial charge in [0.05, 0.1) is 19.7 Å². The Morgan fingerprint density at radius 1 is 1.12 bits per heavy atom. The van der Waals surface area contributed by atoms with Gasteiger partial charge >= 0.3 is 0 Å². The molecule has 2 aromatic rings. The number of fused-ring (bicyclic) bond motifs is 1. The molecule has 7 nitrogen and oxygen atoms in total. The summed E-state index contributed by atoms with van der Waals surface area (Å²) in [6.07, 6.45) is 6.49. The number of nitrogens with one attached hydrogen (secondary N) is 2. The molecule has 1 saturated heterocycles. The van der Waals surface area contributed by atoms with Crippen LogP contribution in [0.25, 0.3) is 10.9 Å². The largest absolute Gasteiger partial charge is 0.493 e. The fourth-order valence-electron chi connectivity index (χ4n) is 3.46. The monoisotopic (exact) mass is 377 g/mol. The fourth-order valence-corrected chi connectivity index (χ4v) is 4.26. The third kappa shape index (κ3) is 4.17. The molecule has 2 N–H and O–H groups in total. The summed E-state index contributed by atoms with van der Waals surface area (Å²) < 4.78 is 26.4. The third-order valence-electron chi connectivity index (χ3n) is 4.97. The Balaban J connectivity index is 1.79. The maximum atomic E-state index is 7.79. The third-order valence-corrected chi connectivity index (χ3v) is 6.02. The molecule has 0 radical (unpaired) electrons. The van der Waals surface area contributed by atoms with Gasteiger partial charge in [0.15, 0.2) is 11.5 Å². The SMILES string of the molecule is COc1cc2ncnc(N3CCC(CCS(C)(=N)=N)CC3)c2cc1OC. The van der Waals surface area contributed by atoms with Crippen LogP contribution in [0.15, 0.2) is 18.5 Å². The molecule has 0 amide bonds. The molecule has 8 heteroatoms. The lowest BCUT2D eigenvalue weighted by Crippen LogP contribution is -2.34. The van der Waals surface area contributed by atoms with Gasteiger partial charge in [0.2, 0.25) is 0 Å². The molecule has 0 spiro atoms. The van der Waals surface area contributed by atoms with E-state index < -0.39 is 9.62 Å². The number of benzene rings is 1. The van der Waals surface area contributed by atoms with E-state index in [9.17, 15) is 0 Å². The van der Waals surface area contributed by atoms with E-state index in [0.29, 0.717) is 23.2 Å². The van der Waals surface area contributed by atoms with E-state index in [4.69, 9.17) is 19.0 Å². The average molecular weight is 378 g/mol. The summed E-state index contributed by atoms with van der Waals surface area (Å²) in [5.41, 5.74) is 0.845. The van der Waals surface area contributed by atoms with Gasteiger partial charge in [-0.2, -0.15) is 0 Å². The molecular weight excluding hydrogens is 350 g/mol. The fraction of sp³-hybridized carbons (Fsp3) is 0.556. The highest BCUT2D eigenvalue weighted by Gasteiger charge is 2.22. The van der Waals surface area contributed by atoms with Crippen molar-refractivity contribution in [3.8, 4) is 11.5 Å². The van der Waals surface area contributed by atoms with Crippen molar-refractivity contribution in [1.29, 1.82) is 9.56 Å². The molecule has 142 valence electrons. The van der Waals surface area contributed by atoms with E-state index >= 15 is 0 Å². The highest BCUT2D eigenvalue weighted by molar-refractivity contribution is 7.92. The van der Waals surface area contributed by atoms with Crippen LogP contribution in [0.5, 0.6) is 11.5 Å². The number of hydrogen-bond acceptors (Lipinski definition) is 7. The predicted octanol–water partition coefficient (Wildman–Crippen LogP) is 3.56. The molecule has 0 bridgehead atoms. The van der Waals surface area contributed by atoms with E-state index in [-0.39, 0.29) is 0 Å². The second kappa shape index (κ2) is 7.65. The van der Waals surface area contributed by atoms with Crippen LogP contribution in [0.4, 0.5) is 5.82 Å². The van der Waals surface area contributed by atoms with Gasteiger partial charge in [0.1, 0.15) is 12.1 Å². The molecule has 2 heterocycles. The van der Waals surface area contributed by atoms with Crippen LogP contribution in [-0.4, -0.2) is 49.3 Å². The normalized spacial score (nSPS) is 16.0. The number of nitrogens with zero attached hydrogens (tertiary/aromatic N) is 3. The minimum Gasteiger partial charge on any atom is -0.493 e. The molecule has 1 aliphatic rings. The van der Waals surface area contributed by atoms with Gasteiger partial charge in [-0.1, -0.05) is 9.62 Å². The second-order valence-electron chi connectivity index (χ2n) is 6.93. The van der Waals surface area contributed by atoms with Crippen molar-refractivity contribution < 1.29 is 9.47 Å². The van der Waals surface area contributed by atoms with Crippen molar-refractivity contribution in [2.45, 2.75) is 19.3 Å². The Morgan fingerprint density at radius 3 is 2.38 bits per heavy atom. The van der Waals surface area contributed by atoms with Crippen molar-refractivity contribution in [3.63, 3.8) is 0 Å². The van der Waals surface area contributed by atoms with E-state index in [1.54, 1.807) is 26.8 Å². The van der Waals surface area contributed by atoms with Crippen LogP contribution in [0, 0.1) is 15.5 Å². The minimum absolute atomic E-state index is 0.608. The number of rotatable bonds is 6. The standard InChI is InChI=1S/C18H27N5O2S/c1-24-16-10-14-15(11-17(16)25-2)21-12-22-18(14)23-7-4-13(5-8-23)6-9-26(3,19)20/h10-13,19-20H,4-9H2,1-3H3. The molecule has 26 heavy (non-hydrogen) atoms. The molecule has 0 unspecified atom stereocenters. The molecule has 0 saturated carbocycles. The molecule has 1 aromatic carbocycles. The first kappa shape index (κ1) is 18.7. The average Bonchev–Trinajstić information content (AvgIpc) is 2.64. The molecule has 1 fully saturated rings. The zero-order valence-electron chi connectivity index (χ0n) is 15.6. The maximum Gasteiger partial charge on any atom is 0.162 e. The molecule has 3 rings (SSSR count). The van der Waals surface area contributed by atoms with Crippen molar-refractivity contribution in [2.24, 2.45) is 5.92 Å². The Kier molecular flexibility index (Phi) is 5.50. The van der Waals surface area contributed by atoms with Gasteiger partial charge in [-0.15, -0.1) is 0 Å². The Morgan fingerprint density at radius 2 is 1.77 bits per heavy atom. The lowest BCUT2D eigenvalue weighted by Gasteiger charge is -2.33. The minimum atomic E-state index is -1.89. The molecule has 0 atom stereocenters. The van der Waals surface area contributed by atoms with Crippen LogP contribution in [0.2, 0.25) is 0 Å². The summed E-state index contributed by atoms with van der Waals surface area (Å²) in [5.74, 6) is 3.60. The summed E-state index contributed by atoms with van der Waals surface area (Å²) in [5, 5.41) is 0.970. The van der Waals surface area contributed by atoms with E-state index in [1.807, 2.05) is 12.1 Å². The Labute approximate surface area is 155 Å². The highest BCUT2D eigenvalue weighted by atomic mass is 32.2. The van der Waals surface area contributed by atoms with E-state index in [1.165, 1.54) is 0 Å². The number of anilines is 1. The van der Waals surface area contributed by atoms with Crippen LogP contribution in [-0.2, 0) is 9.62 Å². The Hall–Kier alpha value is -2.09. The van der Waals surface area contributed by atoms with E-state index in [2.05, 4.69) is 14.9 Å². The first-order valence-electron chi connectivity index (χ1n) is 8.78. The van der Waals surface area contributed by atoms with Crippen LogP contribution >= 0.6 is 0 Å². The molecule has 1 aromatic heterocycles. The number of piperidine rings is 1. The highest BCUT2D eigenvalue weighted by Crippen LogP contribution is 2.35. The zero-order valence-corrected chi connectivity index (χ0v) is 16.4. The van der Waals surface area contributed by atoms with Gasteiger partial charge in [0.25, 0.3) is 0 Å². The number of hydrogen-bond donors (Lipinski definition) is 2. The first-order valence-corrected chi connectivity index (χ1v) is 11.0.